The van der Waals surface area contributed by atoms with E-state index in [1.54, 1.807) is 6.20 Å². The molecule has 0 unspecified atom stereocenters. The van der Waals surface area contributed by atoms with Crippen LogP contribution in [0.3, 0.4) is 0 Å². The lowest BCUT2D eigenvalue weighted by Crippen LogP contribution is -2.20. The van der Waals surface area contributed by atoms with Crippen LogP contribution in [0.25, 0.3) is 22.6 Å². The van der Waals surface area contributed by atoms with Crippen molar-refractivity contribution in [3.63, 3.8) is 0 Å². The fraction of sp³-hybridized carbons (Fsp3) is 0.174. The van der Waals surface area contributed by atoms with Crippen LogP contribution in [0.2, 0.25) is 0 Å². The van der Waals surface area contributed by atoms with E-state index < -0.39 is 0 Å². The van der Waals surface area contributed by atoms with Crippen LogP contribution in [0.1, 0.15) is 5.56 Å². The normalized spacial score (nSPS) is 13.9. The molecular formula is C23H21N5O2. The van der Waals surface area contributed by atoms with Crippen molar-refractivity contribution in [1.29, 1.82) is 0 Å². The topological polar surface area (TPSA) is 76.3 Å². The van der Waals surface area contributed by atoms with E-state index in [-0.39, 0.29) is 0 Å². The molecule has 1 aliphatic rings. The summed E-state index contributed by atoms with van der Waals surface area (Å²) in [5, 5.41) is 11.6. The smallest absolute Gasteiger partial charge is 0.320 e. The van der Waals surface area contributed by atoms with E-state index >= 15 is 0 Å². The quantitative estimate of drug-likeness (QED) is 0.546. The number of hydrogen-bond donors (Lipinski definition) is 1. The molecule has 0 saturated carbocycles. The molecule has 5 rings (SSSR count). The summed E-state index contributed by atoms with van der Waals surface area (Å²) in [6, 6.07) is 18.2. The number of benzene rings is 2. The number of likely N-dealkylation sites (N-methyl/N-ethyl adjacent to an activating group) is 1. The molecule has 4 aromatic rings. The third-order valence-corrected chi connectivity index (χ3v) is 5.01. The molecule has 0 aliphatic carbocycles. The van der Waals surface area contributed by atoms with Gasteiger partial charge in [-0.2, -0.15) is 0 Å². The first-order valence-electron chi connectivity index (χ1n) is 9.80. The van der Waals surface area contributed by atoms with Gasteiger partial charge in [-0.1, -0.05) is 23.3 Å². The zero-order valence-electron chi connectivity index (χ0n) is 16.6. The van der Waals surface area contributed by atoms with Crippen LogP contribution in [0.15, 0.2) is 71.4 Å². The summed E-state index contributed by atoms with van der Waals surface area (Å²) in [5.41, 5.74) is 4.95. The second kappa shape index (κ2) is 7.96. The molecule has 1 aliphatic heterocycles. The summed E-state index contributed by atoms with van der Waals surface area (Å²) in [6.45, 7) is 2.44. The molecule has 3 heterocycles. The molecule has 150 valence electrons. The van der Waals surface area contributed by atoms with Gasteiger partial charge in [0.2, 0.25) is 5.89 Å². The number of ether oxygens (including phenoxy) is 1. The number of nitrogens with one attached hydrogen (secondary N) is 1. The molecule has 0 bridgehead atoms. The Hall–Kier alpha value is -3.71. The van der Waals surface area contributed by atoms with Gasteiger partial charge in [0.05, 0.1) is 0 Å². The van der Waals surface area contributed by atoms with Crippen molar-refractivity contribution in [1.82, 2.24) is 20.1 Å². The van der Waals surface area contributed by atoms with Crippen LogP contribution < -0.4 is 10.1 Å². The highest BCUT2D eigenvalue weighted by Crippen LogP contribution is 2.29. The first-order chi connectivity index (χ1) is 14.7. The highest BCUT2D eigenvalue weighted by molar-refractivity contribution is 5.69. The lowest BCUT2D eigenvalue weighted by Gasteiger charge is -2.12. The molecule has 2 aromatic carbocycles. The average molecular weight is 399 g/mol. The van der Waals surface area contributed by atoms with E-state index in [1.807, 2.05) is 54.7 Å². The van der Waals surface area contributed by atoms with Crippen LogP contribution in [-0.2, 0) is 6.54 Å². The Morgan fingerprint density at radius 2 is 1.87 bits per heavy atom. The monoisotopic (exact) mass is 399 g/mol. The molecule has 7 nitrogen and oxygen atoms in total. The Balaban J connectivity index is 1.37. The van der Waals surface area contributed by atoms with Gasteiger partial charge in [0, 0.05) is 47.9 Å². The summed E-state index contributed by atoms with van der Waals surface area (Å²) < 4.78 is 11.7. The van der Waals surface area contributed by atoms with E-state index in [9.17, 15) is 0 Å². The van der Waals surface area contributed by atoms with Gasteiger partial charge in [-0.05, 0) is 49.0 Å². The predicted octanol–water partition coefficient (Wildman–Crippen LogP) is 4.37. The molecule has 0 fully saturated rings. The number of fused-ring (bicyclic) bond motifs is 1. The maximum Gasteiger partial charge on any atom is 0.320 e. The van der Waals surface area contributed by atoms with Gasteiger partial charge >= 0.3 is 6.01 Å². The first kappa shape index (κ1) is 18.3. The van der Waals surface area contributed by atoms with E-state index in [0.29, 0.717) is 18.5 Å². The summed E-state index contributed by atoms with van der Waals surface area (Å²) in [4.78, 5) is 6.41. The fourth-order valence-electron chi connectivity index (χ4n) is 3.48. The number of pyridine rings is 1. The minimum atomic E-state index is 0.347. The Labute approximate surface area is 174 Å². The zero-order valence-corrected chi connectivity index (χ0v) is 16.6. The van der Waals surface area contributed by atoms with E-state index in [1.165, 1.54) is 0 Å². The van der Waals surface area contributed by atoms with Crippen molar-refractivity contribution < 1.29 is 9.15 Å². The van der Waals surface area contributed by atoms with Crippen LogP contribution in [0.5, 0.6) is 5.75 Å². The van der Waals surface area contributed by atoms with Crippen molar-refractivity contribution in [3.05, 3.63) is 72.6 Å². The fourth-order valence-corrected chi connectivity index (χ4v) is 3.48. The molecule has 0 radical (unpaired) electrons. The molecular weight excluding hydrogens is 378 g/mol. The second-order valence-corrected chi connectivity index (χ2v) is 7.27. The van der Waals surface area contributed by atoms with Crippen LogP contribution in [0.4, 0.5) is 11.7 Å². The Kier molecular flexibility index (Phi) is 4.86. The van der Waals surface area contributed by atoms with Gasteiger partial charge in [-0.3, -0.25) is 9.88 Å². The van der Waals surface area contributed by atoms with Crippen molar-refractivity contribution in [3.8, 4) is 28.3 Å². The summed E-state index contributed by atoms with van der Waals surface area (Å²) in [6.07, 6.45) is 3.59. The van der Waals surface area contributed by atoms with Crippen LogP contribution in [-0.4, -0.2) is 40.3 Å². The maximum absolute atomic E-state index is 5.86. The molecule has 0 saturated heterocycles. The van der Waals surface area contributed by atoms with Crippen molar-refractivity contribution in [2.24, 2.45) is 0 Å². The SMILES string of the molecule is CN1CCOc2ccc(Nc3nnc(-c4cccc(-c5cccnc5)c4)o3)cc2C1. The number of hydrogen-bond acceptors (Lipinski definition) is 7. The molecule has 2 aromatic heterocycles. The first-order valence-corrected chi connectivity index (χ1v) is 9.80. The van der Waals surface area contributed by atoms with Gasteiger partial charge in [0.1, 0.15) is 12.4 Å². The molecule has 0 spiro atoms. The molecule has 30 heavy (non-hydrogen) atoms. The number of aromatic nitrogens is 3. The van der Waals surface area contributed by atoms with E-state index in [0.717, 1.165) is 46.8 Å². The number of rotatable bonds is 4. The maximum atomic E-state index is 5.86. The number of anilines is 2. The van der Waals surface area contributed by atoms with E-state index in [2.05, 4.69) is 38.5 Å². The Morgan fingerprint density at radius 3 is 2.77 bits per heavy atom. The summed E-state index contributed by atoms with van der Waals surface area (Å²) in [5.74, 6) is 1.38. The van der Waals surface area contributed by atoms with Gasteiger partial charge in [-0.15, -0.1) is 5.10 Å². The van der Waals surface area contributed by atoms with Crippen LogP contribution >= 0.6 is 0 Å². The predicted molar refractivity (Wildman–Crippen MR) is 115 cm³/mol. The van der Waals surface area contributed by atoms with Gasteiger partial charge in [0.15, 0.2) is 0 Å². The van der Waals surface area contributed by atoms with E-state index in [4.69, 9.17) is 9.15 Å². The minimum Gasteiger partial charge on any atom is -0.492 e. The molecule has 7 heteroatoms. The van der Waals surface area contributed by atoms with Crippen molar-refractivity contribution in [2.45, 2.75) is 6.54 Å². The minimum absolute atomic E-state index is 0.347. The largest absolute Gasteiger partial charge is 0.492 e. The molecule has 0 atom stereocenters. The van der Waals surface area contributed by atoms with Gasteiger partial charge < -0.3 is 14.5 Å². The zero-order chi connectivity index (χ0) is 20.3. The highest BCUT2D eigenvalue weighted by Gasteiger charge is 2.14. The summed E-state index contributed by atoms with van der Waals surface area (Å²) in [7, 11) is 2.09. The number of nitrogens with zero attached hydrogens (tertiary/aromatic N) is 4. The van der Waals surface area contributed by atoms with Gasteiger partial charge in [0.25, 0.3) is 0 Å². The van der Waals surface area contributed by atoms with Crippen molar-refractivity contribution >= 4 is 11.7 Å². The third kappa shape index (κ3) is 3.88. The van der Waals surface area contributed by atoms with Gasteiger partial charge in [-0.25, -0.2) is 0 Å². The molecule has 1 N–H and O–H groups in total. The highest BCUT2D eigenvalue weighted by atomic mass is 16.5. The lowest BCUT2D eigenvalue weighted by atomic mass is 10.1. The molecule has 0 amide bonds. The lowest BCUT2D eigenvalue weighted by molar-refractivity contribution is 0.259. The second-order valence-electron chi connectivity index (χ2n) is 7.27. The van der Waals surface area contributed by atoms with Crippen LogP contribution in [0, 0.1) is 0 Å². The average Bonchev–Trinajstić information content (AvgIpc) is 3.16. The Morgan fingerprint density at radius 1 is 0.967 bits per heavy atom. The standard InChI is InChI=1S/C23H21N5O2/c1-28-10-11-29-21-8-7-20(13-19(21)15-28)25-23-27-26-22(30-23)17-5-2-4-16(12-17)18-6-3-9-24-14-18/h2-9,12-14H,10-11,15H2,1H3,(H,25,27). The van der Waals surface area contributed by atoms with Crippen molar-refractivity contribution in [2.75, 3.05) is 25.5 Å². The summed E-state index contributed by atoms with van der Waals surface area (Å²) >= 11 is 0. The Bertz CT molecular complexity index is 1160. The third-order valence-electron chi connectivity index (χ3n) is 5.01.